The van der Waals surface area contributed by atoms with Crippen LogP contribution in [0.3, 0.4) is 0 Å². The molecule has 0 atom stereocenters. The topological polar surface area (TPSA) is 38.0 Å². The van der Waals surface area contributed by atoms with Crippen molar-refractivity contribution in [1.29, 1.82) is 0 Å². The third kappa shape index (κ3) is 5.55. The van der Waals surface area contributed by atoms with E-state index < -0.39 is 0 Å². The fourth-order valence-electron chi connectivity index (χ4n) is 1.64. The van der Waals surface area contributed by atoms with Crippen molar-refractivity contribution >= 4 is 0 Å². The van der Waals surface area contributed by atoms with Crippen molar-refractivity contribution < 1.29 is 0 Å². The van der Waals surface area contributed by atoms with Gasteiger partial charge in [-0.25, -0.2) is 0 Å². The Hall–Kier alpha value is -0.860. The summed E-state index contributed by atoms with van der Waals surface area (Å²) in [4.78, 5) is 0. The van der Waals surface area contributed by atoms with Crippen LogP contribution < -0.4 is 11.1 Å². The lowest BCUT2D eigenvalue weighted by molar-refractivity contribution is 0.627. The fourth-order valence-corrected chi connectivity index (χ4v) is 1.64. The Kier molecular flexibility index (Phi) is 6.05. The van der Waals surface area contributed by atoms with E-state index in [1.807, 2.05) is 0 Å². The quantitative estimate of drug-likeness (QED) is 0.668. The van der Waals surface area contributed by atoms with E-state index in [0.29, 0.717) is 0 Å². The van der Waals surface area contributed by atoms with Crippen molar-refractivity contribution in [3.63, 3.8) is 0 Å². The van der Waals surface area contributed by atoms with Gasteiger partial charge in [-0.05, 0) is 51.4 Å². The zero-order valence-corrected chi connectivity index (χ0v) is 9.63. The van der Waals surface area contributed by atoms with Crippen molar-refractivity contribution in [1.82, 2.24) is 5.32 Å². The molecular formula is C13H22N2. The summed E-state index contributed by atoms with van der Waals surface area (Å²) in [7, 11) is 0. The zero-order chi connectivity index (χ0) is 10.9. The molecule has 84 valence electrons. The highest BCUT2D eigenvalue weighted by Crippen LogP contribution is 2.05. The summed E-state index contributed by atoms with van der Waals surface area (Å²) in [6.45, 7) is 5.06. The normalized spacial score (nSPS) is 10.5. The molecule has 2 heteroatoms. The molecule has 0 amide bonds. The van der Waals surface area contributed by atoms with Crippen LogP contribution in [0.2, 0.25) is 0 Å². The number of benzene rings is 1. The largest absolute Gasteiger partial charge is 0.330 e. The number of nitrogens with two attached hydrogens (primary N) is 1. The van der Waals surface area contributed by atoms with Crippen LogP contribution in [0.5, 0.6) is 0 Å². The minimum absolute atomic E-state index is 0.783. The van der Waals surface area contributed by atoms with Crippen molar-refractivity contribution in [3.05, 3.63) is 35.4 Å². The summed E-state index contributed by atoms with van der Waals surface area (Å²) in [5, 5.41) is 3.39. The summed E-state index contributed by atoms with van der Waals surface area (Å²) >= 11 is 0. The number of rotatable bonds is 7. The molecule has 0 heterocycles. The first-order valence-corrected chi connectivity index (χ1v) is 5.79. The molecule has 1 aromatic rings. The molecule has 0 aliphatic heterocycles. The number of nitrogens with one attached hydrogen (secondary N) is 1. The number of hydrogen-bond acceptors (Lipinski definition) is 2. The highest BCUT2D eigenvalue weighted by molar-refractivity contribution is 5.22. The molecule has 3 N–H and O–H groups in total. The first-order valence-electron chi connectivity index (χ1n) is 5.79. The average molecular weight is 206 g/mol. The Morgan fingerprint density at radius 1 is 1.20 bits per heavy atom. The van der Waals surface area contributed by atoms with Gasteiger partial charge in [-0.3, -0.25) is 0 Å². The molecule has 0 radical (unpaired) electrons. The van der Waals surface area contributed by atoms with Gasteiger partial charge in [0.2, 0.25) is 0 Å². The second kappa shape index (κ2) is 7.43. The van der Waals surface area contributed by atoms with Crippen LogP contribution in [0, 0.1) is 6.92 Å². The minimum Gasteiger partial charge on any atom is -0.330 e. The maximum Gasteiger partial charge on any atom is -0.00369 e. The molecule has 2 nitrogen and oxygen atoms in total. The van der Waals surface area contributed by atoms with Crippen molar-refractivity contribution in [2.24, 2.45) is 5.73 Å². The lowest BCUT2D eigenvalue weighted by Gasteiger charge is -2.04. The second-order valence-electron chi connectivity index (χ2n) is 3.98. The molecule has 1 aromatic carbocycles. The summed E-state index contributed by atoms with van der Waals surface area (Å²) in [6.07, 6.45) is 3.44. The lowest BCUT2D eigenvalue weighted by atomic mass is 10.1. The van der Waals surface area contributed by atoms with Crippen LogP contribution in [0.15, 0.2) is 24.3 Å². The number of aryl methyl sites for hydroxylation is 2. The standard InChI is InChI=1S/C13H22N2/c1-12-5-2-6-13(11-12)7-3-9-15-10-4-8-14/h2,5-6,11,15H,3-4,7-10,14H2,1H3. The minimum atomic E-state index is 0.783. The first-order chi connectivity index (χ1) is 7.33. The van der Waals surface area contributed by atoms with Gasteiger partial charge in [-0.1, -0.05) is 29.8 Å². The van der Waals surface area contributed by atoms with E-state index in [-0.39, 0.29) is 0 Å². The maximum atomic E-state index is 5.41. The van der Waals surface area contributed by atoms with E-state index in [9.17, 15) is 0 Å². The van der Waals surface area contributed by atoms with Gasteiger partial charge >= 0.3 is 0 Å². The molecule has 0 spiro atoms. The van der Waals surface area contributed by atoms with Crippen LogP contribution in [0.1, 0.15) is 24.0 Å². The molecule has 1 rings (SSSR count). The predicted molar refractivity (Wildman–Crippen MR) is 66.0 cm³/mol. The van der Waals surface area contributed by atoms with E-state index in [0.717, 1.165) is 32.5 Å². The molecule has 0 saturated heterocycles. The van der Waals surface area contributed by atoms with Crippen molar-refractivity contribution in [2.75, 3.05) is 19.6 Å². The van der Waals surface area contributed by atoms with E-state index in [2.05, 4.69) is 36.5 Å². The van der Waals surface area contributed by atoms with Gasteiger partial charge in [0.25, 0.3) is 0 Å². The van der Waals surface area contributed by atoms with Crippen LogP contribution in [0.4, 0.5) is 0 Å². The van der Waals surface area contributed by atoms with Crippen LogP contribution in [-0.4, -0.2) is 19.6 Å². The molecule has 15 heavy (non-hydrogen) atoms. The van der Waals surface area contributed by atoms with Gasteiger partial charge in [0.15, 0.2) is 0 Å². The van der Waals surface area contributed by atoms with Crippen molar-refractivity contribution in [2.45, 2.75) is 26.2 Å². The zero-order valence-electron chi connectivity index (χ0n) is 9.63. The summed E-state index contributed by atoms with van der Waals surface area (Å²) in [5.41, 5.74) is 8.20. The first kappa shape index (κ1) is 12.2. The highest BCUT2D eigenvalue weighted by atomic mass is 14.8. The van der Waals surface area contributed by atoms with E-state index in [1.54, 1.807) is 0 Å². The Morgan fingerprint density at radius 2 is 2.00 bits per heavy atom. The Morgan fingerprint density at radius 3 is 2.73 bits per heavy atom. The Balaban J connectivity index is 2.10. The van der Waals surface area contributed by atoms with Crippen LogP contribution in [-0.2, 0) is 6.42 Å². The van der Waals surface area contributed by atoms with Crippen LogP contribution in [0.25, 0.3) is 0 Å². The molecule has 0 fully saturated rings. The summed E-state index contributed by atoms with van der Waals surface area (Å²) in [5.74, 6) is 0. The van der Waals surface area contributed by atoms with E-state index in [1.165, 1.54) is 17.5 Å². The molecule has 0 saturated carbocycles. The molecule has 0 aromatic heterocycles. The van der Waals surface area contributed by atoms with Gasteiger partial charge in [-0.2, -0.15) is 0 Å². The molecule has 0 unspecified atom stereocenters. The molecule has 0 aliphatic rings. The number of hydrogen-bond donors (Lipinski definition) is 2. The van der Waals surface area contributed by atoms with Gasteiger partial charge < -0.3 is 11.1 Å². The van der Waals surface area contributed by atoms with Crippen LogP contribution >= 0.6 is 0 Å². The SMILES string of the molecule is Cc1cccc(CCCNCCCN)c1. The van der Waals surface area contributed by atoms with Gasteiger partial charge in [0.1, 0.15) is 0 Å². The maximum absolute atomic E-state index is 5.41. The molecule has 0 aliphatic carbocycles. The molecular weight excluding hydrogens is 184 g/mol. The smallest absolute Gasteiger partial charge is 0.00369 e. The third-order valence-electron chi connectivity index (χ3n) is 2.46. The summed E-state index contributed by atoms with van der Waals surface area (Å²) in [6, 6.07) is 8.74. The third-order valence-corrected chi connectivity index (χ3v) is 2.46. The highest BCUT2D eigenvalue weighted by Gasteiger charge is 1.93. The van der Waals surface area contributed by atoms with E-state index >= 15 is 0 Å². The monoisotopic (exact) mass is 206 g/mol. The van der Waals surface area contributed by atoms with Gasteiger partial charge in [-0.15, -0.1) is 0 Å². The lowest BCUT2D eigenvalue weighted by Crippen LogP contribution is -2.19. The predicted octanol–water partition coefficient (Wildman–Crippen LogP) is 1.87. The Labute approximate surface area is 92.9 Å². The second-order valence-corrected chi connectivity index (χ2v) is 3.98. The van der Waals surface area contributed by atoms with E-state index in [4.69, 9.17) is 5.73 Å². The van der Waals surface area contributed by atoms with Gasteiger partial charge in [0.05, 0.1) is 0 Å². The average Bonchev–Trinajstić information content (AvgIpc) is 2.23. The Bertz CT molecular complexity index is 271. The fraction of sp³-hybridized carbons (Fsp3) is 0.538. The summed E-state index contributed by atoms with van der Waals surface area (Å²) < 4.78 is 0. The molecule has 0 bridgehead atoms. The van der Waals surface area contributed by atoms with Gasteiger partial charge in [0, 0.05) is 0 Å². The van der Waals surface area contributed by atoms with Crippen molar-refractivity contribution in [3.8, 4) is 0 Å².